The van der Waals surface area contributed by atoms with E-state index in [1.165, 1.54) is 86.1 Å². The quantitative estimate of drug-likeness (QED) is 0.207. The maximum atomic E-state index is 2.52. The number of fused-ring (bicyclic) bond motifs is 9. The van der Waals surface area contributed by atoms with Crippen LogP contribution in [0.2, 0.25) is 0 Å². The Bertz CT molecular complexity index is 2630. The van der Waals surface area contributed by atoms with Crippen molar-refractivity contribution in [2.75, 3.05) is 0 Å². The third-order valence-electron chi connectivity index (χ3n) is 8.87. The second-order valence-corrected chi connectivity index (χ2v) is 12.0. The van der Waals surface area contributed by atoms with Crippen molar-refractivity contribution in [1.29, 1.82) is 0 Å². The summed E-state index contributed by atoms with van der Waals surface area (Å²) in [6, 6.07) is 49.0. The fraction of sp³-hybridized carbons (Fsp3) is 0. The standard InChI is InChI=1S/C38H22N2S/c1-2-9-23(10-3-1)25-18-20-34-30(21-25)27-13-5-6-15-32(27)39(34)35-22-31-28-14-8-11-24-17-19-29-26-12-4-7-16-33(26)40(38(31)41-35)37(29)36(24)28/h1-22H. The van der Waals surface area contributed by atoms with Crippen molar-refractivity contribution in [2.45, 2.75) is 0 Å². The summed E-state index contributed by atoms with van der Waals surface area (Å²) >= 11 is 1.89. The molecule has 0 aliphatic rings. The van der Waals surface area contributed by atoms with Gasteiger partial charge in [-0.15, -0.1) is 0 Å². The summed E-state index contributed by atoms with van der Waals surface area (Å²) in [6.45, 7) is 0. The molecule has 0 spiro atoms. The van der Waals surface area contributed by atoms with Crippen molar-refractivity contribution in [3.8, 4) is 16.1 Å². The smallest absolute Gasteiger partial charge is 0.110 e. The molecule has 10 aromatic rings. The van der Waals surface area contributed by atoms with Gasteiger partial charge in [-0.05, 0) is 52.2 Å². The van der Waals surface area contributed by atoms with Crippen LogP contribution >= 0.6 is 11.3 Å². The molecule has 0 saturated carbocycles. The van der Waals surface area contributed by atoms with E-state index in [9.17, 15) is 0 Å². The first-order valence-electron chi connectivity index (χ1n) is 14.0. The fourth-order valence-corrected chi connectivity index (χ4v) is 8.34. The molecule has 2 nitrogen and oxygen atoms in total. The molecule has 0 unspecified atom stereocenters. The summed E-state index contributed by atoms with van der Waals surface area (Å²) in [4.78, 5) is 1.30. The number of pyridine rings is 1. The first-order valence-corrected chi connectivity index (χ1v) is 14.9. The minimum absolute atomic E-state index is 1.24. The van der Waals surface area contributed by atoms with Crippen molar-refractivity contribution in [2.24, 2.45) is 0 Å². The number of aromatic nitrogens is 2. The molecular formula is C38H22N2S. The molecule has 10 rings (SSSR count). The van der Waals surface area contributed by atoms with E-state index < -0.39 is 0 Å². The lowest BCUT2D eigenvalue weighted by Crippen LogP contribution is -1.89. The van der Waals surface area contributed by atoms with E-state index >= 15 is 0 Å². The average molecular weight is 539 g/mol. The molecule has 0 bridgehead atoms. The first-order chi connectivity index (χ1) is 20.3. The van der Waals surface area contributed by atoms with Crippen LogP contribution in [0.25, 0.3) is 86.1 Å². The van der Waals surface area contributed by atoms with Gasteiger partial charge >= 0.3 is 0 Å². The number of benzene rings is 6. The molecule has 0 fully saturated rings. The van der Waals surface area contributed by atoms with E-state index in [1.54, 1.807) is 0 Å². The van der Waals surface area contributed by atoms with Crippen LogP contribution in [0.4, 0.5) is 0 Å². The predicted octanol–water partition coefficient (Wildman–Crippen LogP) is 10.8. The van der Waals surface area contributed by atoms with Crippen molar-refractivity contribution in [3.63, 3.8) is 0 Å². The van der Waals surface area contributed by atoms with Crippen LogP contribution in [0.5, 0.6) is 0 Å². The van der Waals surface area contributed by atoms with Crippen LogP contribution < -0.4 is 0 Å². The Hall–Kier alpha value is -5.12. The van der Waals surface area contributed by atoms with Crippen LogP contribution in [0, 0.1) is 0 Å². The normalized spacial score (nSPS) is 12.4. The number of rotatable bonds is 2. The monoisotopic (exact) mass is 538 g/mol. The molecule has 0 saturated heterocycles. The van der Waals surface area contributed by atoms with E-state index in [2.05, 4.69) is 142 Å². The lowest BCUT2D eigenvalue weighted by atomic mass is 10.0. The van der Waals surface area contributed by atoms with E-state index in [0.717, 1.165) is 0 Å². The third kappa shape index (κ3) is 2.76. The number of hydrogen-bond acceptors (Lipinski definition) is 1. The molecule has 0 radical (unpaired) electrons. The Labute approximate surface area is 239 Å². The molecule has 4 aromatic heterocycles. The molecule has 0 aliphatic carbocycles. The van der Waals surface area contributed by atoms with Gasteiger partial charge in [0.25, 0.3) is 0 Å². The first kappa shape index (κ1) is 21.7. The summed E-state index contributed by atoms with van der Waals surface area (Å²) in [5.41, 5.74) is 7.57. The highest BCUT2D eigenvalue weighted by atomic mass is 32.1. The minimum Gasteiger partial charge on any atom is -0.301 e. The van der Waals surface area contributed by atoms with Crippen LogP contribution in [-0.2, 0) is 0 Å². The number of nitrogens with zero attached hydrogens (tertiary/aromatic N) is 2. The van der Waals surface area contributed by atoms with E-state index in [1.807, 2.05) is 11.3 Å². The van der Waals surface area contributed by atoms with Gasteiger partial charge < -0.3 is 4.57 Å². The van der Waals surface area contributed by atoms with Gasteiger partial charge in [0, 0.05) is 32.3 Å². The van der Waals surface area contributed by atoms with Crippen LogP contribution in [-0.4, -0.2) is 8.97 Å². The van der Waals surface area contributed by atoms with Crippen molar-refractivity contribution in [1.82, 2.24) is 8.97 Å². The topological polar surface area (TPSA) is 9.34 Å². The minimum atomic E-state index is 1.24. The molecule has 0 amide bonds. The van der Waals surface area contributed by atoms with Crippen molar-refractivity contribution in [3.05, 3.63) is 133 Å². The van der Waals surface area contributed by atoms with Crippen molar-refractivity contribution >= 4 is 81.3 Å². The van der Waals surface area contributed by atoms with Gasteiger partial charge in [-0.3, -0.25) is 4.40 Å². The van der Waals surface area contributed by atoms with Gasteiger partial charge in [-0.2, -0.15) is 0 Å². The molecule has 6 aromatic carbocycles. The van der Waals surface area contributed by atoms with Gasteiger partial charge in [0.15, 0.2) is 0 Å². The van der Waals surface area contributed by atoms with Gasteiger partial charge in [-0.1, -0.05) is 114 Å². The van der Waals surface area contributed by atoms with Crippen LogP contribution in [0.15, 0.2) is 133 Å². The zero-order valence-corrected chi connectivity index (χ0v) is 22.8. The SMILES string of the molecule is c1ccc(-c2ccc3c(c2)c2ccccc2n3-c2cc3c4cccc5ccc6c7ccccc7n(c3s2)c6c54)cc1. The zero-order valence-electron chi connectivity index (χ0n) is 22.0. The van der Waals surface area contributed by atoms with E-state index in [-0.39, 0.29) is 0 Å². The lowest BCUT2D eigenvalue weighted by molar-refractivity contribution is 1.22. The number of hydrogen-bond donors (Lipinski definition) is 0. The Kier molecular flexibility index (Phi) is 4.10. The highest BCUT2D eigenvalue weighted by Gasteiger charge is 2.21. The van der Waals surface area contributed by atoms with Gasteiger partial charge in [0.1, 0.15) is 9.83 Å². The molecule has 41 heavy (non-hydrogen) atoms. The van der Waals surface area contributed by atoms with E-state index in [4.69, 9.17) is 0 Å². The fourth-order valence-electron chi connectivity index (χ4n) is 7.12. The molecule has 4 heterocycles. The Morgan fingerprint density at radius 3 is 2.05 bits per heavy atom. The Morgan fingerprint density at radius 2 is 1.17 bits per heavy atom. The Morgan fingerprint density at radius 1 is 0.439 bits per heavy atom. The van der Waals surface area contributed by atoms with Gasteiger partial charge in [0.2, 0.25) is 0 Å². The second kappa shape index (κ2) is 7.75. The second-order valence-electron chi connectivity index (χ2n) is 11.0. The largest absolute Gasteiger partial charge is 0.301 e. The highest BCUT2D eigenvalue weighted by Crippen LogP contribution is 2.45. The number of para-hydroxylation sites is 2. The summed E-state index contributed by atoms with van der Waals surface area (Å²) in [5, 5.41) is 11.7. The van der Waals surface area contributed by atoms with Crippen LogP contribution in [0.1, 0.15) is 0 Å². The van der Waals surface area contributed by atoms with Gasteiger partial charge in [-0.25, -0.2) is 0 Å². The molecule has 0 N–H and O–H groups in total. The predicted molar refractivity (Wildman–Crippen MR) is 176 cm³/mol. The third-order valence-corrected chi connectivity index (χ3v) is 9.98. The van der Waals surface area contributed by atoms with Crippen molar-refractivity contribution < 1.29 is 0 Å². The zero-order chi connectivity index (χ0) is 26.7. The molecule has 3 heteroatoms. The van der Waals surface area contributed by atoms with Crippen LogP contribution in [0.3, 0.4) is 0 Å². The maximum Gasteiger partial charge on any atom is 0.110 e. The molecule has 0 aliphatic heterocycles. The summed E-state index contributed by atoms with van der Waals surface area (Å²) in [6.07, 6.45) is 0. The van der Waals surface area contributed by atoms with Gasteiger partial charge in [0.05, 0.1) is 22.1 Å². The summed E-state index contributed by atoms with van der Waals surface area (Å²) < 4.78 is 4.99. The Balaban J connectivity index is 1.36. The molecule has 190 valence electrons. The summed E-state index contributed by atoms with van der Waals surface area (Å²) in [7, 11) is 0. The number of thiophene rings is 1. The average Bonchev–Trinajstić information content (AvgIpc) is 3.71. The molecule has 0 atom stereocenters. The summed E-state index contributed by atoms with van der Waals surface area (Å²) in [5.74, 6) is 0. The van der Waals surface area contributed by atoms with E-state index in [0.29, 0.717) is 0 Å². The molecular weight excluding hydrogens is 516 g/mol. The highest BCUT2D eigenvalue weighted by molar-refractivity contribution is 7.21. The maximum absolute atomic E-state index is 2.52. The lowest BCUT2D eigenvalue weighted by Gasteiger charge is -2.09.